The fourth-order valence-electron chi connectivity index (χ4n) is 4.33. The maximum atomic E-state index is 13.6. The molecule has 220 valence electrons. The lowest BCUT2D eigenvalue weighted by molar-refractivity contribution is -0.119. The van der Waals surface area contributed by atoms with Gasteiger partial charge in [-0.3, -0.25) is 4.79 Å². The minimum Gasteiger partial charge on any atom is -0.508 e. The largest absolute Gasteiger partial charge is 0.508 e. The quantitative estimate of drug-likeness (QED) is 0.113. The molecule has 1 fully saturated rings. The molecule has 0 radical (unpaired) electrons. The summed E-state index contributed by atoms with van der Waals surface area (Å²) in [6.45, 7) is -0.791. The van der Waals surface area contributed by atoms with Crippen molar-refractivity contribution in [1.82, 2.24) is 0 Å². The second-order valence-electron chi connectivity index (χ2n) is 9.20. The predicted molar refractivity (Wildman–Crippen MR) is 138 cm³/mol. The van der Waals surface area contributed by atoms with E-state index in [1.54, 1.807) is 0 Å². The summed E-state index contributed by atoms with van der Waals surface area (Å²) < 4.78 is 22.2. The monoisotopic (exact) mass is 586 g/mol. The van der Waals surface area contributed by atoms with Crippen molar-refractivity contribution >= 4 is 16.9 Å². The van der Waals surface area contributed by atoms with Crippen LogP contribution in [0.5, 0.6) is 46.0 Å². The maximum absolute atomic E-state index is 13.6. The minimum atomic E-state index is -1.82. The molecule has 0 saturated carbocycles. The molecule has 0 bridgehead atoms. The van der Waals surface area contributed by atoms with Gasteiger partial charge in [0, 0.05) is 17.7 Å². The standard InChI is InChI=1S/C27H22O15/c28-8-18-21(36)25(41-26(38)10-4-15(33)20(35)16(34)5-10)27(40-18)42-24-22(37)19-14(32)6-11(29)7-17(19)39-23(24)9-1-2-12(30)13(31)3-9/h1-7,18,21,25,27-36H,8H2/t18-,21-,25+,27-/m0/s1. The summed E-state index contributed by atoms with van der Waals surface area (Å²) >= 11 is 0. The lowest BCUT2D eigenvalue weighted by Crippen LogP contribution is -2.40. The van der Waals surface area contributed by atoms with E-state index in [0.29, 0.717) is 0 Å². The summed E-state index contributed by atoms with van der Waals surface area (Å²) in [7, 11) is 0. The second-order valence-corrected chi connectivity index (χ2v) is 9.20. The molecule has 0 aliphatic carbocycles. The molecule has 4 atom stereocenters. The van der Waals surface area contributed by atoms with E-state index in [9.17, 15) is 55.5 Å². The molecule has 15 heteroatoms. The van der Waals surface area contributed by atoms with Crippen molar-refractivity contribution in [3.05, 3.63) is 58.3 Å². The Morgan fingerprint density at radius 3 is 2.19 bits per heavy atom. The van der Waals surface area contributed by atoms with Crippen LogP contribution in [0.3, 0.4) is 0 Å². The average Bonchev–Trinajstić information content (AvgIpc) is 3.23. The molecule has 2 heterocycles. The summed E-state index contributed by atoms with van der Waals surface area (Å²) in [5, 5.41) is 89.0. The zero-order valence-electron chi connectivity index (χ0n) is 21.0. The van der Waals surface area contributed by atoms with Crippen molar-refractivity contribution in [2.24, 2.45) is 0 Å². The Morgan fingerprint density at radius 1 is 0.857 bits per heavy atom. The van der Waals surface area contributed by atoms with Crippen LogP contribution in [0, 0.1) is 0 Å². The summed E-state index contributed by atoms with van der Waals surface area (Å²) in [6, 6.07) is 6.74. The molecule has 3 aromatic carbocycles. The van der Waals surface area contributed by atoms with Crippen LogP contribution in [0.25, 0.3) is 22.3 Å². The van der Waals surface area contributed by atoms with Gasteiger partial charge in [-0.1, -0.05) is 0 Å². The second kappa shape index (κ2) is 10.5. The van der Waals surface area contributed by atoms with Gasteiger partial charge in [0.1, 0.15) is 34.7 Å². The first-order chi connectivity index (χ1) is 19.9. The van der Waals surface area contributed by atoms with Crippen LogP contribution in [0.2, 0.25) is 0 Å². The summed E-state index contributed by atoms with van der Waals surface area (Å²) in [5.74, 6) is -7.22. The van der Waals surface area contributed by atoms with Crippen molar-refractivity contribution in [2.45, 2.75) is 24.6 Å². The molecule has 0 amide bonds. The van der Waals surface area contributed by atoms with Crippen LogP contribution in [0.1, 0.15) is 10.4 Å². The van der Waals surface area contributed by atoms with Crippen molar-refractivity contribution < 1.29 is 69.4 Å². The number of carbonyl (C=O) groups is 1. The Morgan fingerprint density at radius 2 is 1.55 bits per heavy atom. The number of benzene rings is 3. The van der Waals surface area contributed by atoms with Gasteiger partial charge in [0.05, 0.1) is 12.2 Å². The van der Waals surface area contributed by atoms with Gasteiger partial charge in [0.2, 0.25) is 17.5 Å². The number of aliphatic hydroxyl groups is 2. The zero-order chi connectivity index (χ0) is 30.5. The zero-order valence-corrected chi connectivity index (χ0v) is 21.0. The van der Waals surface area contributed by atoms with Crippen molar-refractivity contribution in [3.63, 3.8) is 0 Å². The van der Waals surface area contributed by atoms with Crippen LogP contribution in [-0.2, 0) is 9.47 Å². The molecule has 1 aliphatic rings. The third kappa shape index (κ3) is 4.87. The molecule has 1 aliphatic heterocycles. The molecule has 5 rings (SSSR count). The van der Waals surface area contributed by atoms with Crippen LogP contribution in [0.4, 0.5) is 0 Å². The van der Waals surface area contributed by atoms with Gasteiger partial charge in [0.25, 0.3) is 0 Å². The summed E-state index contributed by atoms with van der Waals surface area (Å²) in [6.07, 6.45) is -6.70. The van der Waals surface area contributed by atoms with Gasteiger partial charge in [-0.25, -0.2) is 4.79 Å². The summed E-state index contributed by atoms with van der Waals surface area (Å²) in [4.78, 5) is 26.4. The first-order valence-corrected chi connectivity index (χ1v) is 12.0. The molecule has 1 saturated heterocycles. The summed E-state index contributed by atoms with van der Waals surface area (Å²) in [5.41, 5.74) is -1.83. The van der Waals surface area contributed by atoms with Crippen LogP contribution < -0.4 is 10.2 Å². The maximum Gasteiger partial charge on any atom is 0.339 e. The normalized spacial score (nSPS) is 20.0. The van der Waals surface area contributed by atoms with E-state index in [2.05, 4.69) is 0 Å². The number of carbonyl (C=O) groups excluding carboxylic acids is 1. The van der Waals surface area contributed by atoms with Gasteiger partial charge < -0.3 is 64.6 Å². The van der Waals surface area contributed by atoms with E-state index in [1.807, 2.05) is 0 Å². The van der Waals surface area contributed by atoms with E-state index in [1.165, 1.54) is 6.07 Å². The van der Waals surface area contributed by atoms with E-state index in [-0.39, 0.29) is 11.1 Å². The molecular weight excluding hydrogens is 564 g/mol. The Balaban J connectivity index is 1.60. The van der Waals surface area contributed by atoms with Gasteiger partial charge >= 0.3 is 5.97 Å². The molecule has 1 aromatic heterocycles. The van der Waals surface area contributed by atoms with E-state index in [0.717, 1.165) is 36.4 Å². The van der Waals surface area contributed by atoms with Gasteiger partial charge in [-0.15, -0.1) is 0 Å². The smallest absolute Gasteiger partial charge is 0.339 e. The van der Waals surface area contributed by atoms with Gasteiger partial charge in [-0.05, 0) is 30.3 Å². The van der Waals surface area contributed by atoms with Crippen LogP contribution in [-0.4, -0.2) is 83.1 Å². The average molecular weight is 586 g/mol. The molecule has 0 unspecified atom stereocenters. The number of ether oxygens (including phenoxy) is 3. The number of rotatable bonds is 6. The highest BCUT2D eigenvalue weighted by Crippen LogP contribution is 2.40. The number of hydrogen-bond donors (Lipinski definition) is 9. The van der Waals surface area contributed by atoms with Crippen LogP contribution >= 0.6 is 0 Å². The lowest BCUT2D eigenvalue weighted by atomic mass is 10.1. The molecule has 4 aromatic rings. The number of esters is 1. The first kappa shape index (κ1) is 28.2. The van der Waals surface area contributed by atoms with E-state index in [4.69, 9.17) is 18.6 Å². The van der Waals surface area contributed by atoms with Crippen molar-refractivity contribution in [1.29, 1.82) is 0 Å². The number of hydrogen-bond acceptors (Lipinski definition) is 15. The third-order valence-corrected chi connectivity index (χ3v) is 6.41. The van der Waals surface area contributed by atoms with Gasteiger partial charge in [0.15, 0.2) is 40.6 Å². The van der Waals surface area contributed by atoms with E-state index < -0.39 is 105 Å². The fourth-order valence-corrected chi connectivity index (χ4v) is 4.33. The minimum absolute atomic E-state index is 0.0389. The highest BCUT2D eigenvalue weighted by Gasteiger charge is 2.48. The Kier molecular flexibility index (Phi) is 7.07. The highest BCUT2D eigenvalue weighted by molar-refractivity contribution is 5.91. The van der Waals surface area contributed by atoms with Crippen molar-refractivity contribution in [3.8, 4) is 57.3 Å². The molecule has 15 nitrogen and oxygen atoms in total. The number of aromatic hydroxyl groups is 7. The number of phenolic OH excluding ortho intramolecular Hbond substituents is 7. The van der Waals surface area contributed by atoms with E-state index >= 15 is 0 Å². The Hall–Kier alpha value is -5.38. The molecule has 9 N–H and O–H groups in total. The van der Waals surface area contributed by atoms with Crippen molar-refractivity contribution in [2.75, 3.05) is 6.61 Å². The predicted octanol–water partition coefficient (Wildman–Crippen LogP) is 1.08. The molecular formula is C27H22O15. The lowest BCUT2D eigenvalue weighted by Gasteiger charge is -2.22. The van der Waals surface area contributed by atoms with Crippen LogP contribution in [0.15, 0.2) is 51.7 Å². The number of phenols is 7. The Bertz CT molecular complexity index is 1740. The molecule has 0 spiro atoms. The number of aliphatic hydroxyl groups excluding tert-OH is 2. The van der Waals surface area contributed by atoms with Gasteiger partial charge in [-0.2, -0.15) is 0 Å². The molecule has 42 heavy (non-hydrogen) atoms. The SMILES string of the molecule is O=C(O[C@H]1[C@H](Oc2c(-c3ccc(O)c(O)c3)oc3cc(O)cc(O)c3c2=O)O[C@@H](CO)[C@@H]1O)c1cc(O)c(O)c(O)c1. The number of fused-ring (bicyclic) bond motifs is 1. The fraction of sp³-hybridized carbons (Fsp3) is 0.185. The first-order valence-electron chi connectivity index (χ1n) is 12.0. The Labute approximate surface area is 233 Å². The topological polar surface area (TPSA) is 257 Å². The highest BCUT2D eigenvalue weighted by atomic mass is 16.7. The third-order valence-electron chi connectivity index (χ3n) is 6.41.